The van der Waals surface area contributed by atoms with Crippen LogP contribution in [0.15, 0.2) is 36.9 Å². The first-order valence-corrected chi connectivity index (χ1v) is 4.03. The molecule has 1 aromatic carbocycles. The fourth-order valence-corrected chi connectivity index (χ4v) is 0.875. The Morgan fingerprint density at radius 3 is 2.38 bits per heavy atom. The van der Waals surface area contributed by atoms with Gasteiger partial charge in [0.15, 0.2) is 0 Å². The Balaban J connectivity index is 2.78. The molecule has 0 amide bonds. The molecule has 0 bridgehead atoms. The molecule has 1 rings (SSSR count). The van der Waals surface area contributed by atoms with Crippen molar-refractivity contribution in [2.45, 2.75) is 6.42 Å². The Morgan fingerprint density at radius 2 is 1.85 bits per heavy atom. The van der Waals surface area contributed by atoms with Crippen molar-refractivity contribution < 1.29 is 0 Å². The average Bonchev–Trinajstić information content (AvgIpc) is 2.19. The summed E-state index contributed by atoms with van der Waals surface area (Å²) in [5.74, 6) is 8.53. The van der Waals surface area contributed by atoms with Gasteiger partial charge in [0.05, 0.1) is 0 Å². The molecule has 62 valence electrons. The summed E-state index contributed by atoms with van der Waals surface area (Å²) < 4.78 is 0. The fourth-order valence-electron chi connectivity index (χ4n) is 0.875. The lowest BCUT2D eigenvalue weighted by molar-refractivity contribution is 1.48. The molecule has 0 nitrogen and oxygen atoms in total. The number of allylic oxidation sites excluding steroid dienone is 1. The monoisotopic (exact) mass is 166 g/mol. The SMILES string of the molecule is C#Cc1ccc(C#CCC=C)cc1. The molecule has 0 heteroatoms. The molecule has 0 aromatic heterocycles. The van der Waals surface area contributed by atoms with Crippen LogP contribution in [-0.2, 0) is 0 Å². The zero-order chi connectivity index (χ0) is 9.52. The van der Waals surface area contributed by atoms with Gasteiger partial charge in [-0.1, -0.05) is 23.8 Å². The minimum atomic E-state index is 0.719. The zero-order valence-corrected chi connectivity index (χ0v) is 7.38. The van der Waals surface area contributed by atoms with E-state index in [9.17, 15) is 0 Å². The summed E-state index contributed by atoms with van der Waals surface area (Å²) in [6, 6.07) is 7.62. The van der Waals surface area contributed by atoms with Gasteiger partial charge >= 0.3 is 0 Å². The molecule has 13 heavy (non-hydrogen) atoms. The van der Waals surface area contributed by atoms with Gasteiger partial charge in [0, 0.05) is 17.5 Å². The van der Waals surface area contributed by atoms with E-state index in [1.807, 2.05) is 24.3 Å². The van der Waals surface area contributed by atoms with Gasteiger partial charge in [-0.05, 0) is 24.3 Å². The molecule has 0 heterocycles. The van der Waals surface area contributed by atoms with Gasteiger partial charge in [-0.2, -0.15) is 0 Å². The molecule has 0 saturated carbocycles. The van der Waals surface area contributed by atoms with Crippen molar-refractivity contribution in [1.29, 1.82) is 0 Å². The fraction of sp³-hybridized carbons (Fsp3) is 0.0769. The van der Waals surface area contributed by atoms with E-state index < -0.39 is 0 Å². The molecule has 0 atom stereocenters. The lowest BCUT2D eigenvalue weighted by Gasteiger charge is -1.90. The maximum absolute atomic E-state index is 5.22. The van der Waals surface area contributed by atoms with Crippen molar-refractivity contribution in [1.82, 2.24) is 0 Å². The van der Waals surface area contributed by atoms with E-state index in [1.54, 1.807) is 6.08 Å². The smallest absolute Gasteiger partial charge is 0.0270 e. The number of hydrogen-bond donors (Lipinski definition) is 0. The second-order valence-electron chi connectivity index (χ2n) is 2.52. The third kappa shape index (κ3) is 2.89. The van der Waals surface area contributed by atoms with Gasteiger partial charge in [0.1, 0.15) is 0 Å². The molecule has 0 spiro atoms. The van der Waals surface area contributed by atoms with Gasteiger partial charge in [-0.15, -0.1) is 13.0 Å². The van der Waals surface area contributed by atoms with Gasteiger partial charge in [0.25, 0.3) is 0 Å². The predicted octanol–water partition coefficient (Wildman–Crippen LogP) is 2.60. The van der Waals surface area contributed by atoms with Crippen LogP contribution in [0.5, 0.6) is 0 Å². The summed E-state index contributed by atoms with van der Waals surface area (Å²) in [6.07, 6.45) is 7.72. The van der Waals surface area contributed by atoms with E-state index in [-0.39, 0.29) is 0 Å². The van der Waals surface area contributed by atoms with Crippen LogP contribution in [0.1, 0.15) is 17.5 Å². The van der Waals surface area contributed by atoms with E-state index in [4.69, 9.17) is 6.42 Å². The minimum absolute atomic E-state index is 0.719. The standard InChI is InChI=1S/C13H10/c1-3-5-6-7-13-10-8-12(4-2)9-11-13/h2-3,8-11H,1,5H2. The maximum Gasteiger partial charge on any atom is 0.0270 e. The number of hydrogen-bond acceptors (Lipinski definition) is 0. The molecule has 0 aliphatic carbocycles. The zero-order valence-electron chi connectivity index (χ0n) is 7.38. The molecule has 1 aromatic rings. The largest absolute Gasteiger partial charge is 0.115 e. The summed E-state index contributed by atoms with van der Waals surface area (Å²) in [5.41, 5.74) is 1.87. The minimum Gasteiger partial charge on any atom is -0.115 e. The Bertz CT molecular complexity index is 377. The van der Waals surface area contributed by atoms with Crippen LogP contribution >= 0.6 is 0 Å². The second kappa shape index (κ2) is 4.86. The van der Waals surface area contributed by atoms with Crippen molar-refractivity contribution in [3.63, 3.8) is 0 Å². The van der Waals surface area contributed by atoms with Gasteiger partial charge in [0.2, 0.25) is 0 Å². The van der Waals surface area contributed by atoms with Crippen molar-refractivity contribution in [2.24, 2.45) is 0 Å². The molecular formula is C13H10. The lowest BCUT2D eigenvalue weighted by atomic mass is 10.1. The molecule has 0 aliphatic heterocycles. The highest BCUT2D eigenvalue weighted by Crippen LogP contribution is 2.01. The normalized spacial score (nSPS) is 7.92. The van der Waals surface area contributed by atoms with Crippen molar-refractivity contribution in [2.75, 3.05) is 0 Å². The van der Waals surface area contributed by atoms with Crippen LogP contribution in [0.4, 0.5) is 0 Å². The van der Waals surface area contributed by atoms with E-state index in [2.05, 4.69) is 24.3 Å². The first kappa shape index (κ1) is 9.17. The summed E-state index contributed by atoms with van der Waals surface area (Å²) in [7, 11) is 0. The van der Waals surface area contributed by atoms with E-state index in [1.165, 1.54) is 0 Å². The highest BCUT2D eigenvalue weighted by molar-refractivity contribution is 5.40. The Labute approximate surface area is 79.3 Å². The first-order valence-electron chi connectivity index (χ1n) is 4.03. The summed E-state index contributed by atoms with van der Waals surface area (Å²) in [6.45, 7) is 3.59. The van der Waals surface area contributed by atoms with Crippen LogP contribution in [0.25, 0.3) is 0 Å². The van der Waals surface area contributed by atoms with E-state index >= 15 is 0 Å². The summed E-state index contributed by atoms with van der Waals surface area (Å²) in [5, 5.41) is 0. The first-order chi connectivity index (χ1) is 6.36. The van der Waals surface area contributed by atoms with Crippen molar-refractivity contribution >= 4 is 0 Å². The van der Waals surface area contributed by atoms with Gasteiger partial charge in [-0.3, -0.25) is 0 Å². The summed E-state index contributed by atoms with van der Waals surface area (Å²) in [4.78, 5) is 0. The van der Waals surface area contributed by atoms with Crippen LogP contribution in [0.2, 0.25) is 0 Å². The lowest BCUT2D eigenvalue weighted by Crippen LogP contribution is -1.75. The third-order valence-electron chi connectivity index (χ3n) is 1.53. The van der Waals surface area contributed by atoms with Gasteiger partial charge in [-0.25, -0.2) is 0 Å². The van der Waals surface area contributed by atoms with E-state index in [0.717, 1.165) is 17.5 Å². The second-order valence-corrected chi connectivity index (χ2v) is 2.52. The Hall–Kier alpha value is -1.92. The summed E-state index contributed by atoms with van der Waals surface area (Å²) >= 11 is 0. The topological polar surface area (TPSA) is 0 Å². The van der Waals surface area contributed by atoms with Crippen LogP contribution < -0.4 is 0 Å². The van der Waals surface area contributed by atoms with Crippen molar-refractivity contribution in [3.05, 3.63) is 48.0 Å². The van der Waals surface area contributed by atoms with Crippen LogP contribution in [0.3, 0.4) is 0 Å². The highest BCUT2D eigenvalue weighted by Gasteiger charge is 1.86. The maximum atomic E-state index is 5.22. The third-order valence-corrected chi connectivity index (χ3v) is 1.53. The molecular weight excluding hydrogens is 156 g/mol. The average molecular weight is 166 g/mol. The number of rotatable bonds is 1. The van der Waals surface area contributed by atoms with Gasteiger partial charge < -0.3 is 0 Å². The number of terminal acetylenes is 1. The Kier molecular flexibility index (Phi) is 3.43. The molecule has 0 radical (unpaired) electrons. The number of benzene rings is 1. The molecule has 0 unspecified atom stereocenters. The molecule has 0 fully saturated rings. The van der Waals surface area contributed by atoms with Crippen LogP contribution in [0, 0.1) is 24.2 Å². The molecule has 0 N–H and O–H groups in total. The molecule has 0 aliphatic rings. The van der Waals surface area contributed by atoms with E-state index in [0.29, 0.717) is 0 Å². The Morgan fingerprint density at radius 1 is 1.23 bits per heavy atom. The van der Waals surface area contributed by atoms with Crippen molar-refractivity contribution in [3.8, 4) is 24.2 Å². The predicted molar refractivity (Wildman–Crippen MR) is 56.1 cm³/mol. The molecule has 0 saturated heterocycles. The quantitative estimate of drug-likeness (QED) is 0.444. The van der Waals surface area contributed by atoms with Crippen LogP contribution in [-0.4, -0.2) is 0 Å². The highest BCUT2D eigenvalue weighted by atomic mass is 13.9.